The van der Waals surface area contributed by atoms with Crippen LogP contribution in [0.25, 0.3) is 11.3 Å². The summed E-state index contributed by atoms with van der Waals surface area (Å²) in [6.07, 6.45) is 1.72. The molecule has 1 saturated heterocycles. The maximum absolute atomic E-state index is 11.6. The summed E-state index contributed by atoms with van der Waals surface area (Å²) in [6, 6.07) is 20.6. The second kappa shape index (κ2) is 8.41. The number of hydrogen-bond acceptors (Lipinski definition) is 7. The number of nitrogens with one attached hydrogen (secondary N) is 1. The Morgan fingerprint density at radius 1 is 1.03 bits per heavy atom. The first-order chi connectivity index (χ1) is 17.1. The quantitative estimate of drug-likeness (QED) is 0.233. The maximum atomic E-state index is 11.6. The smallest absolute Gasteiger partial charge is 0.280 e. The standard InChI is InChI=1S/C25H18N4O5S/c30-29(31)18-7-2-1-5-16(18)19-10-11-21(34-19)24-23(17-6-3-4-12-26-17)27-25(35)28(24)15-8-9-20-22(13-15)33-14-32-20/h1-13,23-24H,14H2,(H,27,35)/t23-,24-/m1/s1. The van der Waals surface area contributed by atoms with Gasteiger partial charge in [-0.25, -0.2) is 0 Å². The summed E-state index contributed by atoms with van der Waals surface area (Å²) in [5.74, 6) is 2.28. The molecule has 2 aliphatic rings. The maximum Gasteiger partial charge on any atom is 0.280 e. The topological polar surface area (TPSA) is 103 Å². The van der Waals surface area contributed by atoms with E-state index in [1.165, 1.54) is 6.07 Å². The van der Waals surface area contributed by atoms with Crippen molar-refractivity contribution in [3.05, 3.63) is 101 Å². The van der Waals surface area contributed by atoms with Crippen LogP contribution in [0, 0.1) is 10.1 Å². The minimum Gasteiger partial charge on any atom is -0.459 e. The lowest BCUT2D eigenvalue weighted by molar-refractivity contribution is -0.384. The highest BCUT2D eigenvalue weighted by Gasteiger charge is 2.43. The molecule has 2 aromatic heterocycles. The predicted molar refractivity (Wildman–Crippen MR) is 131 cm³/mol. The molecule has 0 amide bonds. The van der Waals surface area contributed by atoms with Gasteiger partial charge in [-0.3, -0.25) is 15.1 Å². The molecular formula is C25H18N4O5S. The summed E-state index contributed by atoms with van der Waals surface area (Å²) in [5.41, 5.74) is 1.95. The SMILES string of the molecule is O=[N+]([O-])c1ccccc1-c1ccc([C@@H]2[C@@H](c3ccccn3)NC(=S)N2c2ccc3c(c2)OCO3)o1. The number of pyridine rings is 1. The largest absolute Gasteiger partial charge is 0.459 e. The van der Waals surface area contributed by atoms with Crippen LogP contribution in [-0.2, 0) is 0 Å². The number of nitrogens with zero attached hydrogens (tertiary/aromatic N) is 3. The van der Waals surface area contributed by atoms with Crippen LogP contribution in [0.5, 0.6) is 11.5 Å². The minimum atomic E-state index is -0.417. The van der Waals surface area contributed by atoms with Gasteiger partial charge in [-0.1, -0.05) is 18.2 Å². The Balaban J connectivity index is 1.46. The zero-order valence-corrected chi connectivity index (χ0v) is 19.0. The molecule has 35 heavy (non-hydrogen) atoms. The number of hydrogen-bond donors (Lipinski definition) is 1. The van der Waals surface area contributed by atoms with Crippen LogP contribution in [0.15, 0.2) is 83.4 Å². The van der Waals surface area contributed by atoms with Gasteiger partial charge in [0.15, 0.2) is 16.6 Å². The molecule has 6 rings (SSSR count). The molecule has 10 heteroatoms. The van der Waals surface area contributed by atoms with Gasteiger partial charge in [-0.15, -0.1) is 0 Å². The number of ether oxygens (including phenoxy) is 2. The normalized spacial score (nSPS) is 18.5. The van der Waals surface area contributed by atoms with Gasteiger partial charge in [0.2, 0.25) is 6.79 Å². The van der Waals surface area contributed by atoms with E-state index in [-0.39, 0.29) is 18.5 Å². The molecule has 2 atom stereocenters. The van der Waals surface area contributed by atoms with Crippen molar-refractivity contribution in [2.24, 2.45) is 0 Å². The summed E-state index contributed by atoms with van der Waals surface area (Å²) in [7, 11) is 0. The number of rotatable bonds is 5. The molecule has 2 aromatic carbocycles. The molecule has 0 unspecified atom stereocenters. The van der Waals surface area contributed by atoms with Crippen LogP contribution < -0.4 is 19.7 Å². The molecular weight excluding hydrogens is 468 g/mol. The molecule has 1 N–H and O–H groups in total. The number of para-hydroxylation sites is 1. The van der Waals surface area contributed by atoms with Crippen molar-refractivity contribution in [2.45, 2.75) is 12.1 Å². The van der Waals surface area contributed by atoms with Crippen LogP contribution in [0.3, 0.4) is 0 Å². The first-order valence-electron chi connectivity index (χ1n) is 10.8. The summed E-state index contributed by atoms with van der Waals surface area (Å²) in [4.78, 5) is 17.6. The first-order valence-corrected chi connectivity index (χ1v) is 11.2. The Morgan fingerprint density at radius 2 is 1.86 bits per heavy atom. The zero-order chi connectivity index (χ0) is 23.9. The Morgan fingerprint density at radius 3 is 2.69 bits per heavy atom. The molecule has 0 radical (unpaired) electrons. The first kappa shape index (κ1) is 21.1. The third-order valence-electron chi connectivity index (χ3n) is 6.02. The van der Waals surface area contributed by atoms with Crippen molar-refractivity contribution >= 4 is 28.7 Å². The number of aromatic nitrogens is 1. The average Bonchev–Trinajstić information content (AvgIpc) is 3.62. The second-order valence-corrected chi connectivity index (χ2v) is 8.40. The van der Waals surface area contributed by atoms with Gasteiger partial charge >= 0.3 is 0 Å². The molecule has 1 fully saturated rings. The number of nitro benzene ring substituents is 1. The van der Waals surface area contributed by atoms with Crippen LogP contribution >= 0.6 is 12.2 Å². The second-order valence-electron chi connectivity index (χ2n) is 8.01. The Bertz CT molecular complexity index is 1440. The van der Waals surface area contributed by atoms with Crippen LogP contribution in [-0.4, -0.2) is 21.8 Å². The number of thiocarbonyl (C=S) groups is 1. The van der Waals surface area contributed by atoms with Gasteiger partial charge in [0, 0.05) is 24.0 Å². The van der Waals surface area contributed by atoms with E-state index in [0.29, 0.717) is 33.7 Å². The Labute approximate surface area is 205 Å². The van der Waals surface area contributed by atoms with Crippen molar-refractivity contribution in [1.29, 1.82) is 0 Å². The molecule has 0 bridgehead atoms. The van der Waals surface area contributed by atoms with Crippen LogP contribution in [0.1, 0.15) is 23.5 Å². The summed E-state index contributed by atoms with van der Waals surface area (Å²) >= 11 is 5.74. The van der Waals surface area contributed by atoms with E-state index in [4.69, 9.17) is 26.1 Å². The third-order valence-corrected chi connectivity index (χ3v) is 6.33. The lowest BCUT2D eigenvalue weighted by atomic mass is 10.0. The van der Waals surface area contributed by atoms with E-state index in [0.717, 1.165) is 11.4 Å². The van der Waals surface area contributed by atoms with Gasteiger partial charge in [0.05, 0.1) is 22.2 Å². The molecule has 0 saturated carbocycles. The molecule has 4 aromatic rings. The van der Waals surface area contributed by atoms with Crippen molar-refractivity contribution in [2.75, 3.05) is 11.7 Å². The zero-order valence-electron chi connectivity index (χ0n) is 18.2. The lowest BCUT2D eigenvalue weighted by Gasteiger charge is -2.26. The molecule has 9 nitrogen and oxygen atoms in total. The average molecular weight is 487 g/mol. The van der Waals surface area contributed by atoms with E-state index < -0.39 is 11.0 Å². The number of nitro groups is 1. The highest BCUT2D eigenvalue weighted by Crippen LogP contribution is 2.45. The van der Waals surface area contributed by atoms with Crippen molar-refractivity contribution in [1.82, 2.24) is 10.3 Å². The van der Waals surface area contributed by atoms with E-state index in [9.17, 15) is 10.1 Å². The molecule has 0 aliphatic carbocycles. The number of furan rings is 1. The molecule has 0 spiro atoms. The summed E-state index contributed by atoms with van der Waals surface area (Å²) in [5, 5.41) is 15.4. The van der Waals surface area contributed by atoms with E-state index in [1.807, 2.05) is 47.4 Å². The molecule has 4 heterocycles. The predicted octanol–water partition coefficient (Wildman–Crippen LogP) is 5.16. The summed E-state index contributed by atoms with van der Waals surface area (Å²) in [6.45, 7) is 0.166. The molecule has 2 aliphatic heterocycles. The molecule has 174 valence electrons. The minimum absolute atomic E-state index is 0.0256. The van der Waals surface area contributed by atoms with Gasteiger partial charge in [-0.2, -0.15) is 0 Å². The van der Waals surface area contributed by atoms with Crippen molar-refractivity contribution in [3.63, 3.8) is 0 Å². The monoisotopic (exact) mass is 486 g/mol. The number of fused-ring (bicyclic) bond motifs is 1. The highest BCUT2D eigenvalue weighted by atomic mass is 32.1. The fourth-order valence-electron chi connectivity index (χ4n) is 4.45. The van der Waals surface area contributed by atoms with Crippen LogP contribution in [0.4, 0.5) is 11.4 Å². The fourth-order valence-corrected chi connectivity index (χ4v) is 4.80. The van der Waals surface area contributed by atoms with Gasteiger partial charge < -0.3 is 24.1 Å². The fraction of sp³-hybridized carbons (Fsp3) is 0.120. The lowest BCUT2D eigenvalue weighted by Crippen LogP contribution is -2.29. The highest BCUT2D eigenvalue weighted by molar-refractivity contribution is 7.80. The van der Waals surface area contributed by atoms with Crippen molar-refractivity contribution in [3.8, 4) is 22.8 Å². The van der Waals surface area contributed by atoms with E-state index in [1.54, 1.807) is 30.5 Å². The summed E-state index contributed by atoms with van der Waals surface area (Å²) < 4.78 is 17.3. The van der Waals surface area contributed by atoms with Crippen LogP contribution in [0.2, 0.25) is 0 Å². The van der Waals surface area contributed by atoms with Gasteiger partial charge in [0.1, 0.15) is 17.6 Å². The Hall–Kier alpha value is -4.44. The van der Waals surface area contributed by atoms with Gasteiger partial charge in [0.25, 0.3) is 5.69 Å². The van der Waals surface area contributed by atoms with Gasteiger partial charge in [-0.05, 0) is 54.7 Å². The number of anilines is 1. The Kier molecular flexibility index (Phi) is 5.07. The third kappa shape index (κ3) is 3.64. The van der Waals surface area contributed by atoms with Crippen molar-refractivity contribution < 1.29 is 18.8 Å². The number of benzene rings is 2. The van der Waals surface area contributed by atoms with E-state index >= 15 is 0 Å². The van der Waals surface area contributed by atoms with E-state index in [2.05, 4.69) is 10.3 Å².